The summed E-state index contributed by atoms with van der Waals surface area (Å²) >= 11 is 0. The third-order valence-corrected chi connectivity index (χ3v) is 1.28. The van der Waals surface area contributed by atoms with Gasteiger partial charge in [-0.2, -0.15) is 9.97 Å². The number of rotatable bonds is 2. The summed E-state index contributed by atoms with van der Waals surface area (Å²) in [6.07, 6.45) is 0. The molecule has 0 radical (unpaired) electrons. The van der Waals surface area contributed by atoms with Gasteiger partial charge in [0.25, 0.3) is 5.88 Å². The summed E-state index contributed by atoms with van der Waals surface area (Å²) in [4.78, 5) is 7.46. The van der Waals surface area contributed by atoms with E-state index in [2.05, 4.69) is 9.97 Å². The van der Waals surface area contributed by atoms with Gasteiger partial charge in [0.15, 0.2) is 5.82 Å². The molecule has 0 atom stereocenters. The number of anilines is 2. The lowest BCUT2D eigenvalue weighted by Crippen LogP contribution is -2.04. The van der Waals surface area contributed by atoms with Crippen LogP contribution in [0.2, 0.25) is 0 Å². The summed E-state index contributed by atoms with van der Waals surface area (Å²) in [6, 6.07) is 0. The van der Waals surface area contributed by atoms with Gasteiger partial charge in [0, 0.05) is 0 Å². The Morgan fingerprint density at radius 1 is 1.08 bits per heavy atom. The molecule has 6 nitrogen and oxygen atoms in total. The highest BCUT2D eigenvalue weighted by atomic mass is 16.5. The van der Waals surface area contributed by atoms with Crippen molar-refractivity contribution < 1.29 is 9.47 Å². The van der Waals surface area contributed by atoms with Crippen molar-refractivity contribution in [3.8, 4) is 11.6 Å². The lowest BCUT2D eigenvalue weighted by molar-refractivity contribution is 0.343. The highest BCUT2D eigenvalue weighted by Crippen LogP contribution is 2.29. The van der Waals surface area contributed by atoms with Crippen LogP contribution in [-0.2, 0) is 0 Å². The molecule has 6 heteroatoms. The highest BCUT2D eigenvalue weighted by Gasteiger charge is 2.11. The molecule has 1 rings (SSSR count). The van der Waals surface area contributed by atoms with Crippen LogP contribution in [0.1, 0.15) is 0 Å². The molecule has 0 amide bonds. The number of nitrogens with two attached hydrogens (primary N) is 2. The van der Waals surface area contributed by atoms with E-state index in [1.807, 2.05) is 0 Å². The van der Waals surface area contributed by atoms with Crippen molar-refractivity contribution in [1.82, 2.24) is 9.97 Å². The largest absolute Gasteiger partial charge is 0.489 e. The Bertz CT molecular complexity index is 289. The first-order valence-electron chi connectivity index (χ1n) is 3.20. The van der Waals surface area contributed by atoms with Gasteiger partial charge in [0.2, 0.25) is 11.7 Å². The fourth-order valence-electron chi connectivity index (χ4n) is 0.794. The molecule has 0 bridgehead atoms. The van der Waals surface area contributed by atoms with Crippen molar-refractivity contribution in [3.63, 3.8) is 0 Å². The molecule has 0 saturated carbocycles. The Morgan fingerprint density at radius 3 is 2.25 bits per heavy atom. The van der Waals surface area contributed by atoms with E-state index in [9.17, 15) is 0 Å². The number of nitrogens with zero attached hydrogens (tertiary/aromatic N) is 2. The Labute approximate surface area is 69.5 Å². The van der Waals surface area contributed by atoms with Gasteiger partial charge in [0.05, 0.1) is 14.2 Å². The van der Waals surface area contributed by atoms with E-state index >= 15 is 0 Å². The molecule has 0 unspecified atom stereocenters. The Balaban J connectivity index is 3.24. The van der Waals surface area contributed by atoms with Crippen LogP contribution in [-0.4, -0.2) is 24.2 Å². The van der Waals surface area contributed by atoms with E-state index in [0.29, 0.717) is 5.75 Å². The molecule has 0 aromatic carbocycles. The predicted octanol–water partition coefficient (Wildman–Crippen LogP) is -0.342. The number of nitrogen functional groups attached to an aromatic ring is 2. The van der Waals surface area contributed by atoms with E-state index in [1.165, 1.54) is 14.2 Å². The van der Waals surface area contributed by atoms with E-state index in [4.69, 9.17) is 20.9 Å². The summed E-state index contributed by atoms with van der Waals surface area (Å²) in [5.41, 5.74) is 10.8. The quantitative estimate of drug-likeness (QED) is 0.630. The molecule has 1 aromatic rings. The first-order valence-corrected chi connectivity index (χ1v) is 3.20. The summed E-state index contributed by atoms with van der Waals surface area (Å²) in [6.45, 7) is 0. The first-order chi connectivity index (χ1) is 5.69. The van der Waals surface area contributed by atoms with Crippen LogP contribution < -0.4 is 20.9 Å². The zero-order valence-corrected chi connectivity index (χ0v) is 6.87. The second kappa shape index (κ2) is 3.12. The van der Waals surface area contributed by atoms with E-state index < -0.39 is 0 Å². The fraction of sp³-hybridized carbons (Fsp3) is 0.333. The van der Waals surface area contributed by atoms with Gasteiger partial charge in [-0.15, -0.1) is 0 Å². The molecule has 12 heavy (non-hydrogen) atoms. The van der Waals surface area contributed by atoms with Crippen LogP contribution in [0.5, 0.6) is 11.6 Å². The minimum absolute atomic E-state index is 0.0603. The van der Waals surface area contributed by atoms with Gasteiger partial charge in [-0.1, -0.05) is 0 Å². The van der Waals surface area contributed by atoms with E-state index in [-0.39, 0.29) is 17.6 Å². The standard InChI is InChI=1S/C6H10N4O2/c1-11-3-4(7)9-6(8)10-5(3)12-2/h1-2H3,(H4,7,8,9,10). The van der Waals surface area contributed by atoms with Crippen LogP contribution in [0.25, 0.3) is 0 Å². The van der Waals surface area contributed by atoms with Crippen LogP contribution in [0.3, 0.4) is 0 Å². The van der Waals surface area contributed by atoms with Crippen LogP contribution in [0.4, 0.5) is 11.8 Å². The van der Waals surface area contributed by atoms with Gasteiger partial charge in [-0.25, -0.2) is 0 Å². The molecule has 1 aromatic heterocycles. The van der Waals surface area contributed by atoms with Crippen LogP contribution in [0.15, 0.2) is 0 Å². The van der Waals surface area contributed by atoms with E-state index in [1.54, 1.807) is 0 Å². The molecule has 0 aliphatic rings. The molecule has 0 saturated heterocycles. The van der Waals surface area contributed by atoms with Crippen molar-refractivity contribution >= 4 is 11.8 Å². The van der Waals surface area contributed by atoms with E-state index in [0.717, 1.165) is 0 Å². The number of ether oxygens (including phenoxy) is 2. The first kappa shape index (κ1) is 8.38. The molecule has 66 valence electrons. The number of methoxy groups -OCH3 is 2. The summed E-state index contributed by atoms with van der Waals surface area (Å²) in [5.74, 6) is 0.765. The zero-order valence-electron chi connectivity index (χ0n) is 6.87. The Kier molecular flexibility index (Phi) is 2.18. The van der Waals surface area contributed by atoms with Gasteiger partial charge >= 0.3 is 0 Å². The fourth-order valence-corrected chi connectivity index (χ4v) is 0.794. The number of aromatic nitrogens is 2. The van der Waals surface area contributed by atoms with Crippen molar-refractivity contribution in [3.05, 3.63) is 0 Å². The van der Waals surface area contributed by atoms with Crippen molar-refractivity contribution in [1.29, 1.82) is 0 Å². The van der Waals surface area contributed by atoms with Crippen molar-refractivity contribution in [2.24, 2.45) is 0 Å². The summed E-state index contributed by atoms with van der Waals surface area (Å²) in [7, 11) is 2.90. The van der Waals surface area contributed by atoms with Crippen molar-refractivity contribution in [2.45, 2.75) is 0 Å². The van der Waals surface area contributed by atoms with Gasteiger partial charge in [-0.3, -0.25) is 0 Å². The maximum Gasteiger partial charge on any atom is 0.264 e. The maximum absolute atomic E-state index is 5.47. The van der Waals surface area contributed by atoms with Gasteiger partial charge < -0.3 is 20.9 Å². The minimum atomic E-state index is 0.0603. The smallest absolute Gasteiger partial charge is 0.264 e. The summed E-state index contributed by atoms with van der Waals surface area (Å²) in [5, 5.41) is 0. The molecule has 0 aliphatic carbocycles. The minimum Gasteiger partial charge on any atom is -0.489 e. The molecule has 1 heterocycles. The highest BCUT2D eigenvalue weighted by molar-refractivity contribution is 5.54. The SMILES string of the molecule is COc1nc(N)nc(N)c1OC. The third-order valence-electron chi connectivity index (χ3n) is 1.28. The number of hydrogen-bond acceptors (Lipinski definition) is 6. The molecule has 0 spiro atoms. The molecule has 0 aliphatic heterocycles. The Morgan fingerprint density at radius 2 is 1.75 bits per heavy atom. The predicted molar refractivity (Wildman–Crippen MR) is 44.0 cm³/mol. The van der Waals surface area contributed by atoms with Crippen LogP contribution >= 0.6 is 0 Å². The second-order valence-electron chi connectivity index (χ2n) is 2.01. The van der Waals surface area contributed by atoms with Gasteiger partial charge in [0.1, 0.15) is 0 Å². The topological polar surface area (TPSA) is 96.3 Å². The molecular formula is C6H10N4O2. The lowest BCUT2D eigenvalue weighted by atomic mass is 10.5. The Hall–Kier alpha value is -1.72. The van der Waals surface area contributed by atoms with Crippen LogP contribution in [0, 0.1) is 0 Å². The average molecular weight is 170 g/mol. The second-order valence-corrected chi connectivity index (χ2v) is 2.01. The molecule has 0 fully saturated rings. The average Bonchev–Trinajstić information content (AvgIpc) is 2.03. The van der Waals surface area contributed by atoms with Crippen molar-refractivity contribution in [2.75, 3.05) is 25.7 Å². The summed E-state index contributed by atoms with van der Waals surface area (Å²) < 4.78 is 9.75. The zero-order chi connectivity index (χ0) is 9.14. The maximum atomic E-state index is 5.47. The monoisotopic (exact) mass is 170 g/mol. The van der Waals surface area contributed by atoms with Gasteiger partial charge in [-0.05, 0) is 0 Å². The normalized spacial score (nSPS) is 9.50. The molecular weight excluding hydrogens is 160 g/mol. The lowest BCUT2D eigenvalue weighted by Gasteiger charge is -2.07. The third kappa shape index (κ3) is 1.31. The molecule has 4 N–H and O–H groups in total. The number of hydrogen-bond donors (Lipinski definition) is 2.